The molecule has 0 spiro atoms. The molecule has 0 radical (unpaired) electrons. The van der Waals surface area contributed by atoms with E-state index in [2.05, 4.69) is 10.8 Å². The fourth-order valence-corrected chi connectivity index (χ4v) is 4.12. The molecule has 0 saturated carbocycles. The van der Waals surface area contributed by atoms with E-state index in [0.29, 0.717) is 19.4 Å². The van der Waals surface area contributed by atoms with Crippen LogP contribution in [0.2, 0.25) is 0 Å². The van der Waals surface area contributed by atoms with E-state index in [0.717, 1.165) is 23.8 Å². The first-order valence-corrected chi connectivity index (χ1v) is 10.5. The normalized spacial score (nSPS) is 21.4. The number of amides is 1. The largest absolute Gasteiger partial charge is 0.447 e. The maximum atomic E-state index is 12.5. The van der Waals surface area contributed by atoms with Crippen LogP contribution < -0.4 is 4.72 Å². The van der Waals surface area contributed by atoms with Crippen LogP contribution in [0.3, 0.4) is 0 Å². The van der Waals surface area contributed by atoms with Crippen molar-refractivity contribution in [2.75, 3.05) is 12.8 Å². The maximum Gasteiger partial charge on any atom is 0.410 e. The van der Waals surface area contributed by atoms with E-state index in [1.165, 1.54) is 0 Å². The van der Waals surface area contributed by atoms with Crippen LogP contribution in [-0.4, -0.2) is 50.4 Å². The van der Waals surface area contributed by atoms with E-state index in [1.807, 2.05) is 39.0 Å². The minimum Gasteiger partial charge on any atom is -0.447 e. The number of carbonyl (C=O) groups excluding carboxylic acids is 1. The van der Waals surface area contributed by atoms with Gasteiger partial charge in [0.1, 0.15) is 0 Å². The van der Waals surface area contributed by atoms with Crippen molar-refractivity contribution in [1.82, 2.24) is 9.62 Å². The van der Waals surface area contributed by atoms with Gasteiger partial charge in [-0.15, -0.1) is 0 Å². The summed E-state index contributed by atoms with van der Waals surface area (Å²) in [7, 11) is -3.36. The molecule has 2 atom stereocenters. The van der Waals surface area contributed by atoms with Gasteiger partial charge in [-0.2, -0.15) is 0 Å². The zero-order chi connectivity index (χ0) is 18.6. The number of nitrogens with one attached hydrogen (secondary N) is 1. The molecule has 1 aliphatic heterocycles. The van der Waals surface area contributed by atoms with E-state index in [4.69, 9.17) is 4.74 Å². The molecule has 7 heteroatoms. The third-order valence-corrected chi connectivity index (χ3v) is 4.97. The van der Waals surface area contributed by atoms with E-state index >= 15 is 0 Å². The van der Waals surface area contributed by atoms with Crippen molar-refractivity contribution < 1.29 is 17.9 Å². The summed E-state index contributed by atoms with van der Waals surface area (Å²) in [4.78, 5) is 14.2. The lowest BCUT2D eigenvalue weighted by Gasteiger charge is -2.41. The molecule has 6 nitrogen and oxygen atoms in total. The number of sulfonamides is 1. The van der Waals surface area contributed by atoms with Crippen molar-refractivity contribution >= 4 is 16.1 Å². The zero-order valence-corrected chi connectivity index (χ0v) is 16.2. The molecule has 0 bridgehead atoms. The number of carbonyl (C=O) groups is 1. The molecule has 1 aliphatic rings. The second-order valence-electron chi connectivity index (χ2n) is 7.03. The van der Waals surface area contributed by atoms with Crippen LogP contribution in [0.5, 0.6) is 0 Å². The van der Waals surface area contributed by atoms with Gasteiger partial charge < -0.3 is 9.64 Å². The quantitative estimate of drug-likeness (QED) is 0.866. The fourth-order valence-electron chi connectivity index (χ4n) is 3.30. The van der Waals surface area contributed by atoms with Gasteiger partial charge in [-0.1, -0.05) is 29.8 Å². The summed E-state index contributed by atoms with van der Waals surface area (Å²) in [5.41, 5.74) is 2.21. The number of benzene rings is 1. The second kappa shape index (κ2) is 8.19. The Labute approximate surface area is 150 Å². The van der Waals surface area contributed by atoms with Crippen LogP contribution in [0.25, 0.3) is 0 Å². The monoisotopic (exact) mass is 368 g/mol. The standard InChI is InChI=1S/C18H28N2O4S/c1-13(2)24-18(21)20-10-6-9-16(19-25(4,22)23)17(20)12-15-8-5-7-14(3)11-15/h5,7-8,11,13,16-17,19H,6,9-10,12H2,1-4H3. The molecule has 25 heavy (non-hydrogen) atoms. The highest BCUT2D eigenvalue weighted by Crippen LogP contribution is 2.23. The maximum absolute atomic E-state index is 12.5. The van der Waals surface area contributed by atoms with Crippen molar-refractivity contribution in [3.05, 3.63) is 35.4 Å². The molecule has 1 aromatic carbocycles. The highest BCUT2D eigenvalue weighted by Gasteiger charge is 2.36. The van der Waals surface area contributed by atoms with Gasteiger partial charge >= 0.3 is 6.09 Å². The number of rotatable bonds is 5. The lowest BCUT2D eigenvalue weighted by Crippen LogP contribution is -2.58. The van der Waals surface area contributed by atoms with Crippen molar-refractivity contribution in [3.8, 4) is 0 Å². The second-order valence-corrected chi connectivity index (χ2v) is 8.81. The first kappa shape index (κ1) is 19.7. The first-order chi connectivity index (χ1) is 11.7. The van der Waals surface area contributed by atoms with Gasteiger partial charge in [0, 0.05) is 12.6 Å². The topological polar surface area (TPSA) is 75.7 Å². The van der Waals surface area contributed by atoms with Crippen molar-refractivity contribution in [1.29, 1.82) is 0 Å². The van der Waals surface area contributed by atoms with Gasteiger partial charge in [-0.3, -0.25) is 0 Å². The predicted molar refractivity (Wildman–Crippen MR) is 98.0 cm³/mol. The van der Waals surface area contributed by atoms with Crippen LogP contribution in [0.1, 0.15) is 37.8 Å². The highest BCUT2D eigenvalue weighted by molar-refractivity contribution is 7.88. The molecule has 2 rings (SSSR count). The predicted octanol–water partition coefficient (Wildman–Crippen LogP) is 2.46. The third kappa shape index (κ3) is 6.01. The summed E-state index contributed by atoms with van der Waals surface area (Å²) in [5, 5.41) is 0. The average Bonchev–Trinajstić information content (AvgIpc) is 2.46. The van der Waals surface area contributed by atoms with E-state index in [9.17, 15) is 13.2 Å². The van der Waals surface area contributed by atoms with Crippen LogP contribution in [0.15, 0.2) is 24.3 Å². The number of hydrogen-bond donors (Lipinski definition) is 1. The summed E-state index contributed by atoms with van der Waals surface area (Å²) < 4.78 is 31.6. The molecule has 2 unspecified atom stereocenters. The summed E-state index contributed by atoms with van der Waals surface area (Å²) in [5.74, 6) is 0. The Balaban J connectivity index is 2.28. The Morgan fingerprint density at radius 2 is 2.12 bits per heavy atom. The van der Waals surface area contributed by atoms with Crippen LogP contribution in [0.4, 0.5) is 4.79 Å². The number of piperidine rings is 1. The molecule has 0 aliphatic carbocycles. The molecule has 0 aromatic heterocycles. The Kier molecular flexibility index (Phi) is 6.46. The van der Waals surface area contributed by atoms with Crippen molar-refractivity contribution in [2.24, 2.45) is 0 Å². The van der Waals surface area contributed by atoms with E-state index < -0.39 is 10.0 Å². The van der Waals surface area contributed by atoms with Gasteiger partial charge in [-0.05, 0) is 45.6 Å². The number of hydrogen-bond acceptors (Lipinski definition) is 4. The Bertz CT molecular complexity index is 703. The summed E-state index contributed by atoms with van der Waals surface area (Å²) in [6, 6.07) is 7.48. The minimum atomic E-state index is -3.36. The van der Waals surface area contributed by atoms with Gasteiger partial charge in [0.15, 0.2) is 0 Å². The first-order valence-electron chi connectivity index (χ1n) is 8.66. The molecule has 140 valence electrons. The molecule has 1 heterocycles. The number of ether oxygens (including phenoxy) is 1. The Morgan fingerprint density at radius 1 is 1.40 bits per heavy atom. The summed E-state index contributed by atoms with van der Waals surface area (Å²) >= 11 is 0. The van der Waals surface area contributed by atoms with Crippen molar-refractivity contribution in [3.63, 3.8) is 0 Å². The molecular weight excluding hydrogens is 340 g/mol. The Hall–Kier alpha value is -1.60. The van der Waals surface area contributed by atoms with Gasteiger partial charge in [-0.25, -0.2) is 17.9 Å². The fraction of sp³-hybridized carbons (Fsp3) is 0.611. The third-order valence-electron chi connectivity index (χ3n) is 4.24. The SMILES string of the molecule is Cc1cccc(CC2C(NS(C)(=O)=O)CCCN2C(=O)OC(C)C)c1. The lowest BCUT2D eigenvalue weighted by molar-refractivity contribution is 0.0461. The van der Waals surface area contributed by atoms with Crippen LogP contribution in [0, 0.1) is 6.92 Å². The van der Waals surface area contributed by atoms with Gasteiger partial charge in [0.25, 0.3) is 0 Å². The highest BCUT2D eigenvalue weighted by atomic mass is 32.2. The number of aryl methyl sites for hydroxylation is 1. The zero-order valence-electron chi connectivity index (χ0n) is 15.4. The number of nitrogens with zero attached hydrogens (tertiary/aromatic N) is 1. The van der Waals surface area contributed by atoms with Gasteiger partial charge in [0.05, 0.1) is 18.4 Å². The van der Waals surface area contributed by atoms with Gasteiger partial charge in [0.2, 0.25) is 10.0 Å². The molecule has 1 N–H and O–H groups in total. The van der Waals surface area contributed by atoms with E-state index in [1.54, 1.807) is 4.90 Å². The Morgan fingerprint density at radius 3 is 2.72 bits per heavy atom. The summed E-state index contributed by atoms with van der Waals surface area (Å²) in [6.07, 6.45) is 2.59. The molecule has 1 amide bonds. The van der Waals surface area contributed by atoms with Crippen molar-refractivity contribution in [2.45, 2.75) is 58.2 Å². The van der Waals surface area contributed by atoms with E-state index in [-0.39, 0.29) is 24.3 Å². The average molecular weight is 368 g/mol. The molecular formula is C18H28N2O4S. The summed E-state index contributed by atoms with van der Waals surface area (Å²) in [6.45, 7) is 6.21. The molecule has 1 aromatic rings. The molecule has 1 saturated heterocycles. The smallest absolute Gasteiger partial charge is 0.410 e. The minimum absolute atomic E-state index is 0.213. The lowest BCUT2D eigenvalue weighted by atomic mass is 9.91. The van der Waals surface area contributed by atoms with Crippen LogP contribution in [-0.2, 0) is 21.2 Å². The van der Waals surface area contributed by atoms with Crippen LogP contribution >= 0.6 is 0 Å². The number of likely N-dealkylation sites (tertiary alicyclic amines) is 1. The molecule has 1 fully saturated rings.